The third kappa shape index (κ3) is 3.05. The molecule has 0 saturated carbocycles. The lowest BCUT2D eigenvalue weighted by molar-refractivity contribution is 0.102. The number of hydrogen-bond acceptors (Lipinski definition) is 4. The second-order valence-electron chi connectivity index (χ2n) is 8.27. The van der Waals surface area contributed by atoms with E-state index in [9.17, 15) is 9.59 Å². The molecule has 3 amide bonds. The second kappa shape index (κ2) is 6.71. The second-order valence-corrected chi connectivity index (χ2v) is 8.70. The van der Waals surface area contributed by atoms with Crippen LogP contribution < -0.4 is 10.2 Å². The van der Waals surface area contributed by atoms with Crippen LogP contribution in [0.15, 0.2) is 36.5 Å². The Morgan fingerprint density at radius 3 is 2.83 bits per heavy atom. The van der Waals surface area contributed by atoms with Gasteiger partial charge in [-0.05, 0) is 56.8 Å². The molecule has 4 heterocycles. The summed E-state index contributed by atoms with van der Waals surface area (Å²) in [4.78, 5) is 36.7. The van der Waals surface area contributed by atoms with E-state index in [4.69, 9.17) is 11.6 Å². The number of nitrogens with zero attached hydrogens (tertiary/aromatic N) is 4. The van der Waals surface area contributed by atoms with Crippen LogP contribution in [0.4, 0.5) is 22.0 Å². The summed E-state index contributed by atoms with van der Waals surface area (Å²) in [6, 6.07) is 8.34. The first-order valence-electron chi connectivity index (χ1n) is 9.79. The van der Waals surface area contributed by atoms with Crippen molar-refractivity contribution in [2.45, 2.75) is 12.8 Å². The lowest BCUT2D eigenvalue weighted by Crippen LogP contribution is -2.41. The van der Waals surface area contributed by atoms with E-state index < -0.39 is 0 Å². The maximum Gasteiger partial charge on any atom is 0.330 e. The Hall–Kier alpha value is -2.64. The van der Waals surface area contributed by atoms with Gasteiger partial charge in [0.15, 0.2) is 5.82 Å². The number of likely N-dealkylation sites (tertiary alicyclic amines) is 2. The molecule has 29 heavy (non-hydrogen) atoms. The van der Waals surface area contributed by atoms with Gasteiger partial charge in [-0.15, -0.1) is 0 Å². The van der Waals surface area contributed by atoms with Gasteiger partial charge in [0, 0.05) is 36.3 Å². The highest BCUT2D eigenvalue weighted by atomic mass is 35.5. The quantitative estimate of drug-likeness (QED) is 0.719. The minimum atomic E-state index is -0.303. The molecule has 3 aliphatic rings. The lowest BCUT2D eigenvalue weighted by Gasteiger charge is -2.29. The van der Waals surface area contributed by atoms with Gasteiger partial charge in [-0.1, -0.05) is 11.6 Å². The molecule has 5 rings (SSSR count). The first-order chi connectivity index (χ1) is 14.0. The van der Waals surface area contributed by atoms with Gasteiger partial charge >= 0.3 is 6.03 Å². The van der Waals surface area contributed by atoms with Gasteiger partial charge in [-0.25, -0.2) is 14.7 Å². The molecule has 1 unspecified atom stereocenters. The fraction of sp³-hybridized carbons (Fsp3) is 0.381. The standard InChI is InChI=1S/C21H22ClN5O2/c1-25-9-6-21(12-25)7-10-26(13-21)20(29)27-17-5-4-14(22)11-15(17)19(28)24-16-3-2-8-23-18(16)27/h2-5,8,11H,6-7,9-10,12-13H2,1H3,(H,24,28). The van der Waals surface area contributed by atoms with Gasteiger partial charge in [0.1, 0.15) is 0 Å². The molecule has 1 atom stereocenters. The zero-order valence-electron chi connectivity index (χ0n) is 16.2. The van der Waals surface area contributed by atoms with Crippen LogP contribution in [0.25, 0.3) is 0 Å². The van der Waals surface area contributed by atoms with E-state index in [0.717, 1.165) is 32.5 Å². The molecule has 1 aromatic carbocycles. The molecule has 0 bridgehead atoms. The van der Waals surface area contributed by atoms with E-state index in [1.807, 2.05) is 4.90 Å². The summed E-state index contributed by atoms with van der Waals surface area (Å²) < 4.78 is 0. The highest BCUT2D eigenvalue weighted by molar-refractivity contribution is 6.31. The highest BCUT2D eigenvalue weighted by Crippen LogP contribution is 2.42. The number of carbonyl (C=O) groups excluding carboxylic acids is 2. The van der Waals surface area contributed by atoms with E-state index in [1.54, 1.807) is 41.4 Å². The smallest absolute Gasteiger partial charge is 0.323 e. The Morgan fingerprint density at radius 1 is 1.21 bits per heavy atom. The number of hydrogen-bond donors (Lipinski definition) is 1. The van der Waals surface area contributed by atoms with Crippen LogP contribution in [0.2, 0.25) is 5.02 Å². The van der Waals surface area contributed by atoms with Crippen molar-refractivity contribution >= 4 is 40.7 Å². The van der Waals surface area contributed by atoms with Crippen molar-refractivity contribution in [2.24, 2.45) is 5.41 Å². The van der Waals surface area contributed by atoms with Crippen molar-refractivity contribution in [3.63, 3.8) is 0 Å². The Kier molecular flexibility index (Phi) is 4.26. The van der Waals surface area contributed by atoms with Crippen molar-refractivity contribution < 1.29 is 9.59 Å². The topological polar surface area (TPSA) is 68.8 Å². The number of nitrogens with one attached hydrogen (secondary N) is 1. The minimum Gasteiger partial charge on any atom is -0.323 e. The fourth-order valence-corrected chi connectivity index (χ4v) is 4.96. The maximum atomic E-state index is 13.7. The first kappa shape index (κ1) is 18.4. The van der Waals surface area contributed by atoms with Crippen LogP contribution >= 0.6 is 11.6 Å². The molecule has 1 aromatic heterocycles. The monoisotopic (exact) mass is 411 g/mol. The molecule has 1 N–H and O–H groups in total. The van der Waals surface area contributed by atoms with E-state index in [2.05, 4.69) is 22.2 Å². The molecular weight excluding hydrogens is 390 g/mol. The van der Waals surface area contributed by atoms with Crippen molar-refractivity contribution in [2.75, 3.05) is 43.4 Å². The molecule has 2 fully saturated rings. The Labute approximate surface area is 174 Å². The number of urea groups is 1. The van der Waals surface area contributed by atoms with E-state index in [1.165, 1.54) is 0 Å². The number of carbonyl (C=O) groups is 2. The Balaban J connectivity index is 1.56. The zero-order chi connectivity index (χ0) is 20.2. The predicted octanol–water partition coefficient (Wildman–Crippen LogP) is 3.59. The van der Waals surface area contributed by atoms with Crippen molar-refractivity contribution in [1.29, 1.82) is 0 Å². The first-order valence-corrected chi connectivity index (χ1v) is 10.2. The molecule has 3 aliphatic heterocycles. The zero-order valence-corrected chi connectivity index (χ0v) is 16.9. The predicted molar refractivity (Wildman–Crippen MR) is 112 cm³/mol. The number of aromatic nitrogens is 1. The van der Waals surface area contributed by atoms with Gasteiger partial charge in [0.25, 0.3) is 5.91 Å². The van der Waals surface area contributed by atoms with E-state index >= 15 is 0 Å². The number of amides is 3. The largest absolute Gasteiger partial charge is 0.330 e. The van der Waals surface area contributed by atoms with Gasteiger partial charge in [-0.3, -0.25) is 4.79 Å². The van der Waals surface area contributed by atoms with Crippen LogP contribution in [0.3, 0.4) is 0 Å². The maximum absolute atomic E-state index is 13.7. The summed E-state index contributed by atoms with van der Waals surface area (Å²) in [6.45, 7) is 3.50. The third-order valence-electron chi connectivity index (χ3n) is 6.22. The average molecular weight is 412 g/mol. The Morgan fingerprint density at radius 2 is 2.03 bits per heavy atom. The molecule has 150 valence electrons. The average Bonchev–Trinajstić information content (AvgIpc) is 3.26. The van der Waals surface area contributed by atoms with Crippen LogP contribution in [-0.2, 0) is 0 Å². The Bertz CT molecular complexity index is 1010. The van der Waals surface area contributed by atoms with Crippen molar-refractivity contribution in [3.8, 4) is 0 Å². The van der Waals surface area contributed by atoms with Crippen LogP contribution in [0.1, 0.15) is 23.2 Å². The number of pyridine rings is 1. The van der Waals surface area contributed by atoms with Gasteiger partial charge in [0.2, 0.25) is 0 Å². The molecule has 0 radical (unpaired) electrons. The van der Waals surface area contributed by atoms with E-state index in [-0.39, 0.29) is 17.4 Å². The third-order valence-corrected chi connectivity index (χ3v) is 6.46. The summed E-state index contributed by atoms with van der Waals surface area (Å²) in [7, 11) is 2.13. The van der Waals surface area contributed by atoms with Crippen molar-refractivity contribution in [1.82, 2.24) is 14.8 Å². The lowest BCUT2D eigenvalue weighted by atomic mass is 9.86. The normalized spacial score (nSPS) is 23.7. The van der Waals surface area contributed by atoms with Crippen molar-refractivity contribution in [3.05, 3.63) is 47.1 Å². The summed E-state index contributed by atoms with van der Waals surface area (Å²) in [6.07, 6.45) is 3.73. The van der Waals surface area contributed by atoms with E-state index in [0.29, 0.717) is 34.3 Å². The molecule has 8 heteroatoms. The number of benzene rings is 1. The number of fused-ring (bicyclic) bond motifs is 2. The van der Waals surface area contributed by atoms with Gasteiger partial charge in [-0.2, -0.15) is 0 Å². The van der Waals surface area contributed by atoms with Gasteiger partial charge in [0.05, 0.1) is 16.9 Å². The summed E-state index contributed by atoms with van der Waals surface area (Å²) in [5.41, 5.74) is 1.53. The summed E-state index contributed by atoms with van der Waals surface area (Å²) in [5.74, 6) is 0.124. The van der Waals surface area contributed by atoms with Crippen LogP contribution in [0.5, 0.6) is 0 Å². The highest BCUT2D eigenvalue weighted by Gasteiger charge is 2.45. The number of anilines is 3. The number of halogens is 1. The number of rotatable bonds is 0. The minimum absolute atomic E-state index is 0.156. The van der Waals surface area contributed by atoms with Crippen LogP contribution in [0, 0.1) is 5.41 Å². The SMILES string of the molecule is CN1CCC2(CCN(C(=O)N3c4ccc(Cl)cc4C(=O)Nc4cccnc43)C2)C1. The molecule has 2 saturated heterocycles. The molecule has 7 nitrogen and oxygen atoms in total. The summed E-state index contributed by atoms with van der Waals surface area (Å²) >= 11 is 6.14. The van der Waals surface area contributed by atoms with Crippen LogP contribution in [-0.4, -0.2) is 59.9 Å². The van der Waals surface area contributed by atoms with Gasteiger partial charge < -0.3 is 15.1 Å². The molecule has 2 aromatic rings. The summed E-state index contributed by atoms with van der Waals surface area (Å²) in [5, 5.41) is 3.30. The molecule has 1 spiro atoms. The molecule has 0 aliphatic carbocycles. The molecular formula is C21H22ClN5O2. The fourth-order valence-electron chi connectivity index (χ4n) is 4.79.